The van der Waals surface area contributed by atoms with Crippen molar-refractivity contribution in [2.75, 3.05) is 5.32 Å². The first kappa shape index (κ1) is 22.7. The third-order valence-corrected chi connectivity index (χ3v) is 5.39. The fourth-order valence-corrected chi connectivity index (χ4v) is 3.53. The highest BCUT2D eigenvalue weighted by molar-refractivity contribution is 6.01. The Morgan fingerprint density at radius 1 is 1.12 bits per heavy atom. The van der Waals surface area contributed by atoms with Gasteiger partial charge in [-0.3, -0.25) is 14.9 Å². The van der Waals surface area contributed by atoms with Crippen LogP contribution in [0.4, 0.5) is 11.4 Å². The number of carbonyl (C=O) groups excluding carboxylic acids is 2. The molecule has 0 saturated carbocycles. The third-order valence-electron chi connectivity index (χ3n) is 5.39. The molecule has 9 heteroatoms. The standard InChI is InChI=1S/C25H22N4O5/c1-3-22(24(30)28-21-14-16(29(32)33)13-12-15(21)2)34-25(31)18-9-5-4-8-17(18)23-26-19-10-6-7-11-20(19)27-23/h4-14,22H,3H2,1-2H3,(H,26,27)(H,28,30). The van der Waals surface area contributed by atoms with E-state index in [0.29, 0.717) is 17.0 Å². The Kier molecular flexibility index (Phi) is 6.35. The Hall–Kier alpha value is -4.53. The molecule has 0 aliphatic rings. The topological polar surface area (TPSA) is 127 Å². The van der Waals surface area contributed by atoms with Crippen LogP contribution in [0.2, 0.25) is 0 Å². The maximum Gasteiger partial charge on any atom is 0.339 e. The number of nitro groups is 1. The van der Waals surface area contributed by atoms with Crippen molar-refractivity contribution in [2.24, 2.45) is 0 Å². The molecular formula is C25H22N4O5. The van der Waals surface area contributed by atoms with Crippen molar-refractivity contribution in [3.05, 3.63) is 88.0 Å². The molecule has 1 amide bonds. The lowest BCUT2D eigenvalue weighted by molar-refractivity contribution is -0.384. The minimum Gasteiger partial charge on any atom is -0.449 e. The molecule has 0 aliphatic heterocycles. The van der Waals surface area contributed by atoms with E-state index in [9.17, 15) is 19.7 Å². The summed E-state index contributed by atoms with van der Waals surface area (Å²) in [5, 5.41) is 13.7. The fraction of sp³-hybridized carbons (Fsp3) is 0.160. The molecule has 1 aromatic heterocycles. The molecule has 3 aromatic carbocycles. The number of esters is 1. The van der Waals surface area contributed by atoms with Crippen LogP contribution in [0.3, 0.4) is 0 Å². The second-order valence-electron chi connectivity index (χ2n) is 7.70. The van der Waals surface area contributed by atoms with Gasteiger partial charge in [0, 0.05) is 17.7 Å². The zero-order valence-corrected chi connectivity index (χ0v) is 18.6. The minimum atomic E-state index is -1.09. The number of hydrogen-bond acceptors (Lipinski definition) is 6. The van der Waals surface area contributed by atoms with Crippen molar-refractivity contribution in [1.29, 1.82) is 0 Å². The second-order valence-corrected chi connectivity index (χ2v) is 7.70. The molecule has 0 aliphatic carbocycles. The Morgan fingerprint density at radius 3 is 2.59 bits per heavy atom. The van der Waals surface area contributed by atoms with E-state index in [0.717, 1.165) is 11.0 Å². The van der Waals surface area contributed by atoms with Gasteiger partial charge in [-0.25, -0.2) is 9.78 Å². The summed E-state index contributed by atoms with van der Waals surface area (Å²) in [5.74, 6) is -0.729. The molecule has 9 nitrogen and oxygen atoms in total. The first-order chi connectivity index (χ1) is 16.4. The Labute approximate surface area is 194 Å². The summed E-state index contributed by atoms with van der Waals surface area (Å²) >= 11 is 0. The van der Waals surface area contributed by atoms with Gasteiger partial charge in [0.25, 0.3) is 11.6 Å². The minimum absolute atomic E-state index is 0.147. The second kappa shape index (κ2) is 9.53. The maximum atomic E-state index is 13.1. The molecule has 4 rings (SSSR count). The quantitative estimate of drug-likeness (QED) is 0.227. The number of nitrogens with zero attached hydrogens (tertiary/aromatic N) is 2. The third kappa shape index (κ3) is 4.63. The van der Waals surface area contributed by atoms with Gasteiger partial charge in [-0.15, -0.1) is 0 Å². The number of imidazole rings is 1. The normalized spacial score (nSPS) is 11.7. The number of ether oxygens (including phenoxy) is 1. The van der Waals surface area contributed by atoms with Crippen molar-refractivity contribution < 1.29 is 19.2 Å². The smallest absolute Gasteiger partial charge is 0.339 e. The van der Waals surface area contributed by atoms with Gasteiger partial charge in [0.2, 0.25) is 0 Å². The predicted octanol–water partition coefficient (Wildman–Crippen LogP) is 5.02. The maximum absolute atomic E-state index is 13.1. The van der Waals surface area contributed by atoms with Crippen LogP contribution in [-0.2, 0) is 9.53 Å². The summed E-state index contributed by atoms with van der Waals surface area (Å²) in [5.41, 5.74) is 3.20. The Morgan fingerprint density at radius 2 is 1.85 bits per heavy atom. The summed E-state index contributed by atoms with van der Waals surface area (Å²) in [6.07, 6.45) is -0.867. The number of aryl methyl sites for hydroxylation is 1. The van der Waals surface area contributed by atoms with E-state index in [1.54, 1.807) is 44.2 Å². The van der Waals surface area contributed by atoms with Crippen molar-refractivity contribution in [2.45, 2.75) is 26.4 Å². The van der Waals surface area contributed by atoms with Crippen LogP contribution < -0.4 is 5.32 Å². The molecule has 0 radical (unpaired) electrons. The monoisotopic (exact) mass is 458 g/mol. The number of benzene rings is 3. The fourth-order valence-electron chi connectivity index (χ4n) is 3.53. The van der Waals surface area contributed by atoms with Crippen LogP contribution in [0.15, 0.2) is 66.7 Å². The van der Waals surface area contributed by atoms with Crippen molar-refractivity contribution in [3.63, 3.8) is 0 Å². The van der Waals surface area contributed by atoms with Crippen LogP contribution >= 0.6 is 0 Å². The van der Waals surface area contributed by atoms with E-state index in [-0.39, 0.29) is 23.4 Å². The molecular weight excluding hydrogens is 436 g/mol. The largest absolute Gasteiger partial charge is 0.449 e. The summed E-state index contributed by atoms with van der Waals surface area (Å²) < 4.78 is 5.55. The number of amides is 1. The van der Waals surface area contributed by atoms with Crippen LogP contribution in [0.1, 0.15) is 29.3 Å². The summed E-state index contributed by atoms with van der Waals surface area (Å²) in [6, 6.07) is 18.6. The van der Waals surface area contributed by atoms with Gasteiger partial charge < -0.3 is 15.0 Å². The van der Waals surface area contributed by atoms with E-state index < -0.39 is 22.9 Å². The molecule has 0 spiro atoms. The number of para-hydroxylation sites is 2. The van der Waals surface area contributed by atoms with E-state index in [4.69, 9.17) is 4.74 Å². The van der Waals surface area contributed by atoms with Crippen LogP contribution in [0.25, 0.3) is 22.4 Å². The number of fused-ring (bicyclic) bond motifs is 1. The highest BCUT2D eigenvalue weighted by Gasteiger charge is 2.25. The van der Waals surface area contributed by atoms with Gasteiger partial charge >= 0.3 is 5.97 Å². The molecule has 172 valence electrons. The molecule has 0 fully saturated rings. The van der Waals surface area contributed by atoms with Crippen LogP contribution in [-0.4, -0.2) is 32.9 Å². The predicted molar refractivity (Wildman–Crippen MR) is 127 cm³/mol. The molecule has 1 atom stereocenters. The van der Waals surface area contributed by atoms with Gasteiger partial charge in [-0.05, 0) is 37.1 Å². The van der Waals surface area contributed by atoms with E-state index in [1.807, 2.05) is 24.3 Å². The number of aromatic amines is 1. The average Bonchev–Trinajstić information content (AvgIpc) is 3.27. The number of nitro benzene ring substituents is 1. The Balaban J connectivity index is 1.56. The summed E-state index contributed by atoms with van der Waals surface area (Å²) in [7, 11) is 0. The average molecular weight is 458 g/mol. The molecule has 4 aromatic rings. The number of carbonyl (C=O) groups is 2. The number of aromatic nitrogens is 2. The molecule has 1 unspecified atom stereocenters. The van der Waals surface area contributed by atoms with Gasteiger partial charge in [0.1, 0.15) is 5.82 Å². The zero-order valence-electron chi connectivity index (χ0n) is 18.6. The van der Waals surface area contributed by atoms with Gasteiger partial charge in [0.05, 0.1) is 27.2 Å². The van der Waals surface area contributed by atoms with Crippen molar-refractivity contribution >= 4 is 34.3 Å². The summed E-state index contributed by atoms with van der Waals surface area (Å²) in [6.45, 7) is 3.43. The summed E-state index contributed by atoms with van der Waals surface area (Å²) in [4.78, 5) is 44.2. The van der Waals surface area contributed by atoms with Gasteiger partial charge in [-0.1, -0.05) is 43.3 Å². The van der Waals surface area contributed by atoms with E-state index >= 15 is 0 Å². The number of non-ortho nitro benzene ring substituents is 1. The molecule has 0 bridgehead atoms. The molecule has 34 heavy (non-hydrogen) atoms. The van der Waals surface area contributed by atoms with Crippen LogP contribution in [0, 0.1) is 17.0 Å². The van der Waals surface area contributed by atoms with Crippen molar-refractivity contribution in [1.82, 2.24) is 9.97 Å². The lowest BCUT2D eigenvalue weighted by Crippen LogP contribution is -2.32. The highest BCUT2D eigenvalue weighted by atomic mass is 16.6. The van der Waals surface area contributed by atoms with Gasteiger partial charge in [0.15, 0.2) is 6.10 Å². The lowest BCUT2D eigenvalue weighted by Gasteiger charge is -2.17. The Bertz CT molecular complexity index is 1360. The van der Waals surface area contributed by atoms with Gasteiger partial charge in [-0.2, -0.15) is 0 Å². The number of H-pyrrole nitrogens is 1. The first-order valence-electron chi connectivity index (χ1n) is 10.7. The lowest BCUT2D eigenvalue weighted by atomic mass is 10.1. The number of nitrogens with one attached hydrogen (secondary N) is 2. The SMILES string of the molecule is CCC(OC(=O)c1ccccc1-c1nc2ccccc2[nH]1)C(=O)Nc1cc([N+](=O)[O-])ccc1C. The first-order valence-corrected chi connectivity index (χ1v) is 10.7. The zero-order chi connectivity index (χ0) is 24.2. The molecule has 1 heterocycles. The highest BCUT2D eigenvalue weighted by Crippen LogP contribution is 2.26. The number of rotatable bonds is 7. The molecule has 0 saturated heterocycles. The number of hydrogen-bond donors (Lipinski definition) is 2. The van der Waals surface area contributed by atoms with E-state index in [1.165, 1.54) is 12.1 Å². The molecule has 2 N–H and O–H groups in total. The van der Waals surface area contributed by atoms with E-state index in [2.05, 4.69) is 15.3 Å². The number of anilines is 1. The van der Waals surface area contributed by atoms with Crippen molar-refractivity contribution in [3.8, 4) is 11.4 Å². The van der Waals surface area contributed by atoms with Crippen LogP contribution in [0.5, 0.6) is 0 Å².